The predicted molar refractivity (Wildman–Crippen MR) is 96.6 cm³/mol. The van der Waals surface area contributed by atoms with Gasteiger partial charge in [0.25, 0.3) is 0 Å². The standard InChI is InChI=1S/C20H26N4O/c25-20-10-9-17(12-15-6-2-1-3-7-15)24(20)14-16-13-19(23-22-16)18-8-4-5-11-21-18/h4-5,8,11,13,15,17H,1-3,6-7,9-10,12,14H2,(H,22,23). The summed E-state index contributed by atoms with van der Waals surface area (Å²) in [4.78, 5) is 18.8. The highest BCUT2D eigenvalue weighted by Crippen LogP contribution is 2.33. The van der Waals surface area contributed by atoms with Crippen LogP contribution in [0.4, 0.5) is 0 Å². The minimum Gasteiger partial charge on any atom is -0.334 e. The summed E-state index contributed by atoms with van der Waals surface area (Å²) in [7, 11) is 0. The molecule has 1 saturated heterocycles. The fourth-order valence-electron chi connectivity index (χ4n) is 4.33. The van der Waals surface area contributed by atoms with Crippen molar-refractivity contribution in [3.8, 4) is 11.4 Å². The highest BCUT2D eigenvalue weighted by molar-refractivity contribution is 5.78. The SMILES string of the molecule is O=C1CCC(CC2CCCCC2)N1Cc1cc(-c2ccccn2)n[nH]1. The molecule has 2 aliphatic rings. The van der Waals surface area contributed by atoms with Crippen LogP contribution in [0.3, 0.4) is 0 Å². The second-order valence-electron chi connectivity index (χ2n) is 7.45. The van der Waals surface area contributed by atoms with Crippen molar-refractivity contribution < 1.29 is 4.79 Å². The molecule has 0 radical (unpaired) electrons. The summed E-state index contributed by atoms with van der Waals surface area (Å²) >= 11 is 0. The average Bonchev–Trinajstić information content (AvgIpc) is 3.26. The fourth-order valence-corrected chi connectivity index (χ4v) is 4.33. The first kappa shape index (κ1) is 16.3. The van der Waals surface area contributed by atoms with Crippen LogP contribution >= 0.6 is 0 Å². The zero-order valence-electron chi connectivity index (χ0n) is 14.7. The predicted octanol–water partition coefficient (Wildman–Crippen LogP) is 3.93. The Hall–Kier alpha value is -2.17. The quantitative estimate of drug-likeness (QED) is 0.898. The normalized spacial score (nSPS) is 21.8. The van der Waals surface area contributed by atoms with E-state index in [2.05, 4.69) is 20.1 Å². The molecule has 1 aliphatic carbocycles. The largest absolute Gasteiger partial charge is 0.334 e. The smallest absolute Gasteiger partial charge is 0.223 e. The molecule has 4 rings (SSSR count). The Morgan fingerprint density at radius 1 is 1.12 bits per heavy atom. The maximum Gasteiger partial charge on any atom is 0.223 e. The molecule has 0 spiro atoms. The monoisotopic (exact) mass is 338 g/mol. The van der Waals surface area contributed by atoms with Gasteiger partial charge in [-0.1, -0.05) is 38.2 Å². The van der Waals surface area contributed by atoms with Crippen LogP contribution in [0.5, 0.6) is 0 Å². The summed E-state index contributed by atoms with van der Waals surface area (Å²) in [5.41, 5.74) is 2.69. The second-order valence-corrected chi connectivity index (χ2v) is 7.45. The van der Waals surface area contributed by atoms with Crippen LogP contribution in [-0.4, -0.2) is 32.0 Å². The number of carbonyl (C=O) groups excluding carboxylic acids is 1. The van der Waals surface area contributed by atoms with E-state index in [-0.39, 0.29) is 5.91 Å². The van der Waals surface area contributed by atoms with Crippen molar-refractivity contribution in [1.29, 1.82) is 0 Å². The molecule has 3 heterocycles. The van der Waals surface area contributed by atoms with Gasteiger partial charge in [-0.3, -0.25) is 14.9 Å². The lowest BCUT2D eigenvalue weighted by Crippen LogP contribution is -2.34. The minimum absolute atomic E-state index is 0.287. The molecule has 1 unspecified atom stereocenters. The third kappa shape index (κ3) is 3.75. The van der Waals surface area contributed by atoms with Crippen LogP contribution < -0.4 is 0 Å². The zero-order valence-corrected chi connectivity index (χ0v) is 14.7. The van der Waals surface area contributed by atoms with Gasteiger partial charge in [-0.05, 0) is 37.0 Å². The van der Waals surface area contributed by atoms with Gasteiger partial charge in [-0.25, -0.2) is 0 Å². The van der Waals surface area contributed by atoms with Crippen molar-refractivity contribution in [2.75, 3.05) is 0 Å². The van der Waals surface area contributed by atoms with Crippen LogP contribution in [0.25, 0.3) is 11.4 Å². The van der Waals surface area contributed by atoms with Gasteiger partial charge in [0.2, 0.25) is 5.91 Å². The van der Waals surface area contributed by atoms with E-state index in [0.717, 1.165) is 29.4 Å². The maximum absolute atomic E-state index is 12.4. The van der Waals surface area contributed by atoms with Gasteiger partial charge in [0, 0.05) is 18.7 Å². The van der Waals surface area contributed by atoms with E-state index in [0.29, 0.717) is 19.0 Å². The highest BCUT2D eigenvalue weighted by atomic mass is 16.2. The van der Waals surface area contributed by atoms with Gasteiger partial charge >= 0.3 is 0 Å². The van der Waals surface area contributed by atoms with E-state index in [1.54, 1.807) is 6.20 Å². The van der Waals surface area contributed by atoms with Gasteiger partial charge in [-0.15, -0.1) is 0 Å². The van der Waals surface area contributed by atoms with E-state index >= 15 is 0 Å². The number of H-pyrrole nitrogens is 1. The molecule has 5 nitrogen and oxygen atoms in total. The van der Waals surface area contributed by atoms with Gasteiger partial charge in [0.1, 0.15) is 5.69 Å². The second kappa shape index (κ2) is 7.38. The van der Waals surface area contributed by atoms with E-state index in [4.69, 9.17) is 0 Å². The van der Waals surface area contributed by atoms with Gasteiger partial charge in [-0.2, -0.15) is 5.10 Å². The lowest BCUT2D eigenvalue weighted by atomic mass is 9.84. The molecule has 1 aliphatic heterocycles. The van der Waals surface area contributed by atoms with Crippen molar-refractivity contribution in [3.05, 3.63) is 36.2 Å². The molecular formula is C20H26N4O. The van der Waals surface area contributed by atoms with Crippen LogP contribution in [0.15, 0.2) is 30.5 Å². The molecule has 25 heavy (non-hydrogen) atoms. The summed E-state index contributed by atoms with van der Waals surface area (Å²) in [6.45, 7) is 0.635. The Bertz CT molecular complexity index is 705. The maximum atomic E-state index is 12.4. The number of likely N-dealkylation sites (tertiary alicyclic amines) is 1. The number of hydrogen-bond acceptors (Lipinski definition) is 3. The van der Waals surface area contributed by atoms with Crippen molar-refractivity contribution >= 4 is 5.91 Å². The molecule has 1 saturated carbocycles. The van der Waals surface area contributed by atoms with Crippen LogP contribution in [0.2, 0.25) is 0 Å². The lowest BCUT2D eigenvalue weighted by Gasteiger charge is -2.30. The number of rotatable bonds is 5. The zero-order chi connectivity index (χ0) is 17.1. The Balaban J connectivity index is 1.43. The fraction of sp³-hybridized carbons (Fsp3) is 0.550. The Morgan fingerprint density at radius 2 is 2.00 bits per heavy atom. The van der Waals surface area contributed by atoms with Crippen molar-refractivity contribution in [2.24, 2.45) is 5.92 Å². The van der Waals surface area contributed by atoms with Gasteiger partial charge in [0.05, 0.1) is 17.9 Å². The Kier molecular flexibility index (Phi) is 4.81. The van der Waals surface area contributed by atoms with E-state index in [1.165, 1.54) is 38.5 Å². The molecule has 0 aromatic carbocycles. The first-order valence-electron chi connectivity index (χ1n) is 9.55. The first-order chi connectivity index (χ1) is 12.3. The van der Waals surface area contributed by atoms with Gasteiger partial charge in [0.15, 0.2) is 0 Å². The number of aromatic amines is 1. The minimum atomic E-state index is 0.287. The molecular weight excluding hydrogens is 312 g/mol. The molecule has 0 bridgehead atoms. The van der Waals surface area contributed by atoms with Crippen molar-refractivity contribution in [2.45, 2.75) is 64.0 Å². The molecule has 2 aromatic heterocycles. The summed E-state index contributed by atoms with van der Waals surface area (Å²) in [6, 6.07) is 8.23. The molecule has 1 amide bonds. The third-order valence-corrected chi connectivity index (χ3v) is 5.68. The number of carbonyl (C=O) groups is 1. The Morgan fingerprint density at radius 3 is 2.80 bits per heavy atom. The molecule has 2 fully saturated rings. The number of nitrogens with zero attached hydrogens (tertiary/aromatic N) is 3. The molecule has 2 aromatic rings. The third-order valence-electron chi connectivity index (χ3n) is 5.68. The molecule has 1 atom stereocenters. The van der Waals surface area contributed by atoms with Gasteiger partial charge < -0.3 is 4.90 Å². The molecule has 1 N–H and O–H groups in total. The number of pyridine rings is 1. The van der Waals surface area contributed by atoms with E-state index in [1.807, 2.05) is 24.3 Å². The number of nitrogens with one attached hydrogen (secondary N) is 1. The first-order valence-corrected chi connectivity index (χ1v) is 9.55. The number of hydrogen-bond donors (Lipinski definition) is 1. The number of amides is 1. The number of aromatic nitrogens is 3. The van der Waals surface area contributed by atoms with E-state index in [9.17, 15) is 4.79 Å². The topological polar surface area (TPSA) is 61.9 Å². The summed E-state index contributed by atoms with van der Waals surface area (Å²) in [5, 5.41) is 7.46. The van der Waals surface area contributed by atoms with Crippen LogP contribution in [0.1, 0.15) is 57.1 Å². The van der Waals surface area contributed by atoms with Crippen molar-refractivity contribution in [3.63, 3.8) is 0 Å². The van der Waals surface area contributed by atoms with Crippen molar-refractivity contribution in [1.82, 2.24) is 20.1 Å². The summed E-state index contributed by atoms with van der Waals surface area (Å²) in [6.07, 6.45) is 11.4. The average molecular weight is 338 g/mol. The highest BCUT2D eigenvalue weighted by Gasteiger charge is 2.33. The summed E-state index contributed by atoms with van der Waals surface area (Å²) < 4.78 is 0. The molecule has 132 valence electrons. The van der Waals surface area contributed by atoms with Crippen LogP contribution in [0, 0.1) is 5.92 Å². The Labute approximate surface area is 148 Å². The van der Waals surface area contributed by atoms with E-state index < -0.39 is 0 Å². The molecule has 5 heteroatoms. The van der Waals surface area contributed by atoms with Crippen LogP contribution in [-0.2, 0) is 11.3 Å². The summed E-state index contributed by atoms with van der Waals surface area (Å²) in [5.74, 6) is 1.09. The lowest BCUT2D eigenvalue weighted by molar-refractivity contribution is -0.129.